The van der Waals surface area contributed by atoms with Gasteiger partial charge in [0.15, 0.2) is 0 Å². The molecule has 0 aliphatic carbocycles. The van der Waals surface area contributed by atoms with Crippen molar-refractivity contribution in [2.45, 2.75) is 19.1 Å². The van der Waals surface area contributed by atoms with Crippen molar-refractivity contribution in [1.29, 1.82) is 0 Å². The van der Waals surface area contributed by atoms with Gasteiger partial charge in [0, 0.05) is 20.3 Å². The highest BCUT2D eigenvalue weighted by Gasteiger charge is 2.10. The van der Waals surface area contributed by atoms with Crippen LogP contribution in [0, 0.1) is 6.92 Å². The molecule has 20 heavy (non-hydrogen) atoms. The van der Waals surface area contributed by atoms with E-state index in [1.54, 1.807) is 7.11 Å². The Balaban J connectivity index is 2.25. The van der Waals surface area contributed by atoms with Gasteiger partial charge >= 0.3 is 0 Å². The smallest absolute Gasteiger partial charge is 0.215 e. The second kappa shape index (κ2) is 9.07. The molecule has 0 aliphatic rings. The van der Waals surface area contributed by atoms with Crippen LogP contribution in [0.15, 0.2) is 24.3 Å². The SMILES string of the molecule is COCCOCCCNS(=O)(=O)Cc1cccc(C)c1. The molecule has 6 heteroatoms. The molecule has 1 rings (SSSR count). The van der Waals surface area contributed by atoms with E-state index in [2.05, 4.69) is 4.72 Å². The van der Waals surface area contributed by atoms with Gasteiger partial charge in [0.1, 0.15) is 0 Å². The molecule has 5 nitrogen and oxygen atoms in total. The highest BCUT2D eigenvalue weighted by molar-refractivity contribution is 7.88. The Labute approximate surface area is 121 Å². The zero-order valence-corrected chi connectivity index (χ0v) is 12.9. The normalized spacial score (nSPS) is 11.7. The highest BCUT2D eigenvalue weighted by atomic mass is 32.2. The summed E-state index contributed by atoms with van der Waals surface area (Å²) in [6, 6.07) is 7.51. The monoisotopic (exact) mass is 301 g/mol. The largest absolute Gasteiger partial charge is 0.382 e. The maximum absolute atomic E-state index is 11.9. The first-order valence-electron chi connectivity index (χ1n) is 6.63. The number of hydrogen-bond acceptors (Lipinski definition) is 4. The summed E-state index contributed by atoms with van der Waals surface area (Å²) in [5.41, 5.74) is 1.86. The summed E-state index contributed by atoms with van der Waals surface area (Å²) in [6.45, 7) is 3.95. The molecule has 0 atom stereocenters. The van der Waals surface area contributed by atoms with Crippen molar-refractivity contribution in [2.75, 3.05) is 33.5 Å². The van der Waals surface area contributed by atoms with E-state index in [4.69, 9.17) is 9.47 Å². The molecule has 1 N–H and O–H groups in total. The van der Waals surface area contributed by atoms with E-state index in [1.165, 1.54) is 0 Å². The van der Waals surface area contributed by atoms with Crippen LogP contribution in [0.4, 0.5) is 0 Å². The van der Waals surface area contributed by atoms with Crippen molar-refractivity contribution in [3.05, 3.63) is 35.4 Å². The Hall–Kier alpha value is -0.950. The summed E-state index contributed by atoms with van der Waals surface area (Å²) < 4.78 is 36.4. The summed E-state index contributed by atoms with van der Waals surface area (Å²) >= 11 is 0. The maximum atomic E-state index is 11.9. The molecule has 0 fully saturated rings. The number of methoxy groups -OCH3 is 1. The molecule has 0 amide bonds. The lowest BCUT2D eigenvalue weighted by atomic mass is 10.2. The first kappa shape index (κ1) is 17.1. The zero-order valence-electron chi connectivity index (χ0n) is 12.1. The summed E-state index contributed by atoms with van der Waals surface area (Å²) in [4.78, 5) is 0. The predicted molar refractivity (Wildman–Crippen MR) is 79.1 cm³/mol. The molecule has 1 aromatic carbocycles. The van der Waals surface area contributed by atoms with Crippen molar-refractivity contribution in [2.24, 2.45) is 0 Å². The summed E-state index contributed by atoms with van der Waals surface area (Å²) in [5.74, 6) is 0.0131. The second-order valence-electron chi connectivity index (χ2n) is 4.60. The summed E-state index contributed by atoms with van der Waals surface area (Å²) in [7, 11) is -1.67. The predicted octanol–water partition coefficient (Wildman–Crippen LogP) is 1.47. The minimum Gasteiger partial charge on any atom is -0.382 e. The lowest BCUT2D eigenvalue weighted by Crippen LogP contribution is -2.27. The van der Waals surface area contributed by atoms with Crippen LogP contribution >= 0.6 is 0 Å². The minimum atomic E-state index is -3.28. The Kier molecular flexibility index (Phi) is 7.76. The average Bonchev–Trinajstić information content (AvgIpc) is 2.37. The number of sulfonamides is 1. The number of rotatable bonds is 10. The van der Waals surface area contributed by atoms with Crippen LogP contribution in [-0.4, -0.2) is 41.9 Å². The van der Waals surface area contributed by atoms with Gasteiger partial charge in [0.2, 0.25) is 10.0 Å². The molecule has 0 bridgehead atoms. The molecule has 1 aromatic rings. The van der Waals surface area contributed by atoms with Crippen LogP contribution < -0.4 is 4.72 Å². The van der Waals surface area contributed by atoms with Crippen LogP contribution in [0.5, 0.6) is 0 Å². The third-order valence-corrected chi connectivity index (χ3v) is 4.02. The topological polar surface area (TPSA) is 64.6 Å². The molecule has 0 saturated carbocycles. The third-order valence-electron chi connectivity index (χ3n) is 2.66. The third kappa shape index (κ3) is 7.59. The Bertz CT molecular complexity index is 488. The number of aryl methyl sites for hydroxylation is 1. The quantitative estimate of drug-likeness (QED) is 0.665. The molecule has 0 aromatic heterocycles. The first-order chi connectivity index (χ1) is 9.53. The van der Waals surface area contributed by atoms with Crippen LogP contribution in [-0.2, 0) is 25.2 Å². The highest BCUT2D eigenvalue weighted by Crippen LogP contribution is 2.07. The van der Waals surface area contributed by atoms with E-state index in [0.29, 0.717) is 32.8 Å². The van der Waals surface area contributed by atoms with Crippen LogP contribution in [0.2, 0.25) is 0 Å². The van der Waals surface area contributed by atoms with Gasteiger partial charge in [-0.2, -0.15) is 0 Å². The second-order valence-corrected chi connectivity index (χ2v) is 6.41. The molecule has 0 saturated heterocycles. The molecule has 114 valence electrons. The van der Waals surface area contributed by atoms with Gasteiger partial charge in [-0.25, -0.2) is 13.1 Å². The van der Waals surface area contributed by atoms with E-state index in [9.17, 15) is 8.42 Å². The van der Waals surface area contributed by atoms with Crippen LogP contribution in [0.25, 0.3) is 0 Å². The molecular formula is C14H23NO4S. The number of benzene rings is 1. The number of ether oxygens (including phenoxy) is 2. The Morgan fingerprint density at radius 2 is 2.00 bits per heavy atom. The van der Waals surface area contributed by atoms with Gasteiger partial charge in [0.05, 0.1) is 19.0 Å². The fourth-order valence-corrected chi connectivity index (χ4v) is 2.89. The lowest BCUT2D eigenvalue weighted by Gasteiger charge is -2.08. The maximum Gasteiger partial charge on any atom is 0.215 e. The van der Waals surface area contributed by atoms with Crippen LogP contribution in [0.1, 0.15) is 17.5 Å². The van der Waals surface area contributed by atoms with E-state index >= 15 is 0 Å². The lowest BCUT2D eigenvalue weighted by molar-refractivity contribution is 0.0699. The molecule has 0 spiro atoms. The minimum absolute atomic E-state index is 0.0131. The molecule has 0 unspecified atom stereocenters. The van der Waals surface area contributed by atoms with Gasteiger partial charge in [-0.15, -0.1) is 0 Å². The van der Waals surface area contributed by atoms with Gasteiger partial charge in [0.25, 0.3) is 0 Å². The molecular weight excluding hydrogens is 278 g/mol. The average molecular weight is 301 g/mol. The number of hydrogen-bond donors (Lipinski definition) is 1. The Morgan fingerprint density at radius 3 is 2.70 bits per heavy atom. The van der Waals surface area contributed by atoms with Crippen molar-refractivity contribution in [3.8, 4) is 0 Å². The zero-order chi connectivity index (χ0) is 14.8. The fourth-order valence-electron chi connectivity index (χ4n) is 1.72. The van der Waals surface area contributed by atoms with Crippen LogP contribution in [0.3, 0.4) is 0 Å². The summed E-state index contributed by atoms with van der Waals surface area (Å²) in [5, 5.41) is 0. The van der Waals surface area contributed by atoms with E-state index in [-0.39, 0.29) is 5.75 Å². The molecule has 0 aliphatic heterocycles. The number of nitrogens with one attached hydrogen (secondary N) is 1. The van der Waals surface area contributed by atoms with E-state index < -0.39 is 10.0 Å². The molecule has 0 radical (unpaired) electrons. The standard InChI is InChI=1S/C14H23NO4S/c1-13-5-3-6-14(11-13)12-20(16,17)15-7-4-8-19-10-9-18-2/h3,5-6,11,15H,4,7-10,12H2,1-2H3. The van der Waals surface area contributed by atoms with Gasteiger partial charge in [-0.1, -0.05) is 29.8 Å². The van der Waals surface area contributed by atoms with Crippen molar-refractivity contribution < 1.29 is 17.9 Å². The van der Waals surface area contributed by atoms with Gasteiger partial charge in [-0.3, -0.25) is 0 Å². The summed E-state index contributed by atoms with van der Waals surface area (Å²) in [6.07, 6.45) is 0.650. The Morgan fingerprint density at radius 1 is 1.20 bits per heavy atom. The van der Waals surface area contributed by atoms with Gasteiger partial charge in [-0.05, 0) is 18.9 Å². The van der Waals surface area contributed by atoms with Gasteiger partial charge < -0.3 is 9.47 Å². The fraction of sp³-hybridized carbons (Fsp3) is 0.571. The van der Waals surface area contributed by atoms with Crippen molar-refractivity contribution in [1.82, 2.24) is 4.72 Å². The van der Waals surface area contributed by atoms with E-state index in [1.807, 2.05) is 31.2 Å². The van der Waals surface area contributed by atoms with Crippen molar-refractivity contribution >= 4 is 10.0 Å². The van der Waals surface area contributed by atoms with Crippen molar-refractivity contribution in [3.63, 3.8) is 0 Å². The van der Waals surface area contributed by atoms with E-state index in [0.717, 1.165) is 11.1 Å². The molecule has 0 heterocycles. The first-order valence-corrected chi connectivity index (χ1v) is 8.28.